The maximum absolute atomic E-state index is 5.29. The second-order valence-corrected chi connectivity index (χ2v) is 1.37. The standard InChI is InChI=1S/C4H6N3.Y/c1-3-2-6-7-4(3)5;/h1H3,(H3,5,6,7);/q-1;. The molecule has 1 rings (SSSR count). The number of aromatic amines is 1. The number of aromatic nitrogens is 2. The molecule has 3 N–H and O–H groups in total. The summed E-state index contributed by atoms with van der Waals surface area (Å²) in [5, 5.41) is 6.09. The third-order valence-corrected chi connectivity index (χ3v) is 0.804. The number of nitrogens with two attached hydrogens (primary N) is 1. The van der Waals surface area contributed by atoms with Gasteiger partial charge in [-0.1, -0.05) is 6.92 Å². The number of aryl methyl sites for hydroxylation is 1. The molecule has 1 radical (unpaired) electrons. The molecular formula is C4H6N3Y-. The fraction of sp³-hybridized carbons (Fsp3) is 0.250. The van der Waals surface area contributed by atoms with Gasteiger partial charge in [-0.15, -0.1) is 6.20 Å². The molecule has 0 unspecified atom stereocenters. The van der Waals surface area contributed by atoms with Crippen LogP contribution in [0.2, 0.25) is 0 Å². The molecule has 0 aromatic carbocycles. The number of nitrogens with zero attached hydrogens (tertiary/aromatic N) is 1. The molecule has 0 bridgehead atoms. The molecule has 0 aliphatic carbocycles. The maximum atomic E-state index is 5.29. The van der Waals surface area contributed by atoms with Crippen molar-refractivity contribution in [1.82, 2.24) is 10.2 Å². The number of nitrogens with one attached hydrogen (secondary N) is 1. The fourth-order valence-electron chi connectivity index (χ4n) is 0.316. The first-order valence-corrected chi connectivity index (χ1v) is 1.99. The maximum Gasteiger partial charge on any atom is 0 e. The predicted molar refractivity (Wildman–Crippen MR) is 26.6 cm³/mol. The molecule has 0 saturated heterocycles. The molecule has 0 saturated carbocycles. The summed E-state index contributed by atoms with van der Waals surface area (Å²) in [6.07, 6.45) is 2.64. The SMILES string of the molecule is Cc1[c-]n[nH]c1N.[Y]. The predicted octanol–water partition coefficient (Wildman–Crippen LogP) is 0.0980. The van der Waals surface area contributed by atoms with Crippen LogP contribution >= 0.6 is 0 Å². The molecule has 0 aliphatic rings. The summed E-state index contributed by atoms with van der Waals surface area (Å²) in [5.74, 6) is 0.597. The molecule has 0 fully saturated rings. The van der Waals surface area contributed by atoms with Crippen LogP contribution in [0.25, 0.3) is 0 Å². The Morgan fingerprint density at radius 2 is 2.38 bits per heavy atom. The molecule has 0 amide bonds. The third-order valence-electron chi connectivity index (χ3n) is 0.804. The molecule has 1 aromatic heterocycles. The Morgan fingerprint density at radius 3 is 2.50 bits per heavy atom. The largest absolute Gasteiger partial charge is 0.460 e. The first-order chi connectivity index (χ1) is 3.30. The average molecular weight is 185 g/mol. The van der Waals surface area contributed by atoms with Crippen LogP contribution in [0.5, 0.6) is 0 Å². The zero-order valence-corrected chi connectivity index (χ0v) is 7.44. The van der Waals surface area contributed by atoms with Gasteiger partial charge in [0.25, 0.3) is 0 Å². The number of rotatable bonds is 0. The van der Waals surface area contributed by atoms with Gasteiger partial charge in [0.1, 0.15) is 0 Å². The average Bonchev–Trinajstić information content (AvgIpc) is 1.91. The number of hydrogen-bond acceptors (Lipinski definition) is 2. The van der Waals surface area contributed by atoms with Gasteiger partial charge >= 0.3 is 0 Å². The van der Waals surface area contributed by atoms with Crippen LogP contribution in [-0.2, 0) is 32.7 Å². The van der Waals surface area contributed by atoms with Gasteiger partial charge in [0.2, 0.25) is 0 Å². The minimum Gasteiger partial charge on any atom is -0.460 e. The molecular weight excluding hydrogens is 179 g/mol. The molecule has 1 aromatic rings. The Morgan fingerprint density at radius 1 is 1.75 bits per heavy atom. The van der Waals surface area contributed by atoms with Gasteiger partial charge in [-0.3, -0.25) is 0 Å². The Balaban J connectivity index is 0.000000490. The van der Waals surface area contributed by atoms with Crippen molar-refractivity contribution < 1.29 is 32.7 Å². The third kappa shape index (κ3) is 1.56. The van der Waals surface area contributed by atoms with E-state index < -0.39 is 0 Å². The van der Waals surface area contributed by atoms with Gasteiger partial charge in [0, 0.05) is 32.7 Å². The van der Waals surface area contributed by atoms with Crippen LogP contribution in [0.3, 0.4) is 0 Å². The van der Waals surface area contributed by atoms with Crippen LogP contribution in [0.4, 0.5) is 5.82 Å². The monoisotopic (exact) mass is 185 g/mol. The molecule has 0 atom stereocenters. The van der Waals surface area contributed by atoms with E-state index in [2.05, 4.69) is 16.4 Å². The second-order valence-electron chi connectivity index (χ2n) is 1.37. The molecule has 1 heterocycles. The summed E-state index contributed by atoms with van der Waals surface area (Å²) >= 11 is 0. The number of hydrogen-bond donors (Lipinski definition) is 2. The summed E-state index contributed by atoms with van der Waals surface area (Å²) in [6, 6.07) is 0. The van der Waals surface area contributed by atoms with Gasteiger partial charge in [0.05, 0.1) is 0 Å². The normalized spacial score (nSPS) is 8.12. The van der Waals surface area contributed by atoms with Crippen LogP contribution in [0.15, 0.2) is 0 Å². The van der Waals surface area contributed by atoms with Crippen molar-refractivity contribution in [1.29, 1.82) is 0 Å². The van der Waals surface area contributed by atoms with Crippen molar-refractivity contribution in [2.24, 2.45) is 0 Å². The first kappa shape index (κ1) is 8.11. The molecule has 3 nitrogen and oxygen atoms in total. The van der Waals surface area contributed by atoms with E-state index in [1.165, 1.54) is 0 Å². The number of anilines is 1. The van der Waals surface area contributed by atoms with Gasteiger partial charge in [-0.25, -0.2) is 0 Å². The van der Waals surface area contributed by atoms with Crippen molar-refractivity contribution in [3.8, 4) is 0 Å². The smallest absolute Gasteiger partial charge is 0 e. The van der Waals surface area contributed by atoms with Crippen molar-refractivity contribution in [3.63, 3.8) is 0 Å². The minimum absolute atomic E-state index is 0. The number of H-pyrrole nitrogens is 1. The quantitative estimate of drug-likeness (QED) is 0.563. The van der Waals surface area contributed by atoms with Crippen LogP contribution in [0, 0.1) is 13.1 Å². The van der Waals surface area contributed by atoms with Gasteiger partial charge in [-0.2, -0.15) is 5.56 Å². The van der Waals surface area contributed by atoms with E-state index >= 15 is 0 Å². The Hall–Kier alpha value is 0.114. The Kier molecular flexibility index (Phi) is 3.25. The number of nitrogen functional groups attached to an aromatic ring is 1. The molecule has 0 spiro atoms. The van der Waals surface area contributed by atoms with Gasteiger partial charge in [-0.05, 0) is 5.82 Å². The van der Waals surface area contributed by atoms with E-state index in [4.69, 9.17) is 5.73 Å². The Labute approximate surface area is 72.9 Å². The second kappa shape index (κ2) is 3.20. The van der Waals surface area contributed by atoms with Crippen molar-refractivity contribution in [3.05, 3.63) is 11.8 Å². The van der Waals surface area contributed by atoms with Crippen LogP contribution in [-0.4, -0.2) is 10.2 Å². The summed E-state index contributed by atoms with van der Waals surface area (Å²) in [7, 11) is 0. The zero-order valence-electron chi connectivity index (χ0n) is 4.60. The minimum atomic E-state index is 0. The summed E-state index contributed by atoms with van der Waals surface area (Å²) in [4.78, 5) is 0. The van der Waals surface area contributed by atoms with Gasteiger partial charge < -0.3 is 15.9 Å². The van der Waals surface area contributed by atoms with Crippen molar-refractivity contribution in [2.75, 3.05) is 5.73 Å². The molecule has 0 aliphatic heterocycles. The van der Waals surface area contributed by atoms with Crippen molar-refractivity contribution in [2.45, 2.75) is 6.92 Å². The van der Waals surface area contributed by atoms with Crippen LogP contribution in [0.1, 0.15) is 5.56 Å². The summed E-state index contributed by atoms with van der Waals surface area (Å²) in [5.41, 5.74) is 6.17. The first-order valence-electron chi connectivity index (χ1n) is 1.99. The molecule has 4 heteroatoms. The van der Waals surface area contributed by atoms with E-state index in [1.807, 2.05) is 6.92 Å². The zero-order chi connectivity index (χ0) is 5.28. The van der Waals surface area contributed by atoms with E-state index in [0.29, 0.717) is 5.82 Å². The topological polar surface area (TPSA) is 54.7 Å². The van der Waals surface area contributed by atoms with Crippen LogP contribution < -0.4 is 5.73 Å². The fourth-order valence-corrected chi connectivity index (χ4v) is 0.316. The Bertz CT molecular complexity index is 144. The van der Waals surface area contributed by atoms with E-state index in [9.17, 15) is 0 Å². The van der Waals surface area contributed by atoms with E-state index in [-0.39, 0.29) is 32.7 Å². The molecule has 8 heavy (non-hydrogen) atoms. The summed E-state index contributed by atoms with van der Waals surface area (Å²) < 4.78 is 0. The van der Waals surface area contributed by atoms with Gasteiger partial charge in [0.15, 0.2) is 0 Å². The van der Waals surface area contributed by atoms with Crippen molar-refractivity contribution >= 4 is 5.82 Å². The molecule has 41 valence electrons. The summed E-state index contributed by atoms with van der Waals surface area (Å²) in [6.45, 7) is 1.85. The van der Waals surface area contributed by atoms with E-state index in [1.54, 1.807) is 0 Å². The van der Waals surface area contributed by atoms with E-state index in [0.717, 1.165) is 5.56 Å².